The highest BCUT2D eigenvalue weighted by Crippen LogP contribution is 2.38. The second-order valence-electron chi connectivity index (χ2n) is 5.35. The molecule has 2 heterocycles. The van der Waals surface area contributed by atoms with Gasteiger partial charge in [0.15, 0.2) is 20.2 Å². The van der Waals surface area contributed by atoms with E-state index in [2.05, 4.69) is 31.4 Å². The number of benzene rings is 1. The number of amides is 1. The van der Waals surface area contributed by atoms with Gasteiger partial charge < -0.3 is 14.8 Å². The van der Waals surface area contributed by atoms with Crippen molar-refractivity contribution in [1.29, 1.82) is 0 Å². The maximum absolute atomic E-state index is 11.6. The van der Waals surface area contributed by atoms with Crippen LogP contribution in [0.1, 0.15) is 18.9 Å². The molecule has 0 atom stereocenters. The minimum absolute atomic E-state index is 0.0291. The SMILES string of the molecule is CCCNC(=O)CSc1nnc(SCc2cc3c(cc2Br)OCCO3)s1. The largest absolute Gasteiger partial charge is 0.486 e. The van der Waals surface area contributed by atoms with E-state index in [1.54, 1.807) is 11.8 Å². The quantitative estimate of drug-likeness (QED) is 0.578. The van der Waals surface area contributed by atoms with Gasteiger partial charge in [-0.2, -0.15) is 0 Å². The van der Waals surface area contributed by atoms with Crippen LogP contribution in [0.15, 0.2) is 25.3 Å². The fourth-order valence-corrected chi connectivity index (χ4v) is 5.60. The van der Waals surface area contributed by atoms with E-state index in [9.17, 15) is 4.79 Å². The van der Waals surface area contributed by atoms with Crippen LogP contribution in [0.2, 0.25) is 0 Å². The van der Waals surface area contributed by atoms with E-state index in [0.717, 1.165) is 42.4 Å². The van der Waals surface area contributed by atoms with Crippen LogP contribution in [-0.2, 0) is 10.5 Å². The Morgan fingerprint density at radius 3 is 2.65 bits per heavy atom. The van der Waals surface area contributed by atoms with Gasteiger partial charge in [-0.25, -0.2) is 0 Å². The number of rotatable bonds is 8. The highest BCUT2D eigenvalue weighted by Gasteiger charge is 2.16. The number of halogens is 1. The van der Waals surface area contributed by atoms with Gasteiger partial charge >= 0.3 is 0 Å². The van der Waals surface area contributed by atoms with Gasteiger partial charge in [0.05, 0.1) is 5.75 Å². The van der Waals surface area contributed by atoms with Crippen LogP contribution in [0, 0.1) is 0 Å². The first kappa shape index (κ1) is 19.8. The predicted molar refractivity (Wildman–Crippen MR) is 109 cm³/mol. The van der Waals surface area contributed by atoms with Crippen molar-refractivity contribution in [1.82, 2.24) is 15.5 Å². The molecule has 140 valence electrons. The molecule has 0 radical (unpaired) electrons. The molecule has 1 aromatic carbocycles. The number of fused-ring (bicyclic) bond motifs is 1. The molecule has 0 aliphatic carbocycles. The highest BCUT2D eigenvalue weighted by atomic mass is 79.9. The van der Waals surface area contributed by atoms with Gasteiger partial charge in [0.1, 0.15) is 13.2 Å². The van der Waals surface area contributed by atoms with E-state index in [0.29, 0.717) is 25.5 Å². The summed E-state index contributed by atoms with van der Waals surface area (Å²) >= 11 is 8.12. The van der Waals surface area contributed by atoms with Gasteiger partial charge in [-0.15, -0.1) is 10.2 Å². The molecular formula is C16H18BrN3O3S3. The summed E-state index contributed by atoms with van der Waals surface area (Å²) in [4.78, 5) is 11.6. The van der Waals surface area contributed by atoms with Gasteiger partial charge in [-0.05, 0) is 24.1 Å². The van der Waals surface area contributed by atoms with E-state index < -0.39 is 0 Å². The number of hydrogen-bond acceptors (Lipinski definition) is 8. The van der Waals surface area contributed by atoms with E-state index in [-0.39, 0.29) is 5.91 Å². The average molecular weight is 476 g/mol. The molecule has 1 aliphatic rings. The summed E-state index contributed by atoms with van der Waals surface area (Å²) in [6, 6.07) is 3.95. The van der Waals surface area contributed by atoms with Gasteiger partial charge in [0.2, 0.25) is 5.91 Å². The van der Waals surface area contributed by atoms with E-state index >= 15 is 0 Å². The average Bonchev–Trinajstić information content (AvgIpc) is 3.11. The molecule has 1 N–H and O–H groups in total. The summed E-state index contributed by atoms with van der Waals surface area (Å²) < 4.78 is 13.9. The van der Waals surface area contributed by atoms with Crippen molar-refractivity contribution in [3.8, 4) is 11.5 Å². The third kappa shape index (κ3) is 5.51. The van der Waals surface area contributed by atoms with Crippen LogP contribution in [0.4, 0.5) is 0 Å². The molecular weight excluding hydrogens is 458 g/mol. The molecule has 26 heavy (non-hydrogen) atoms. The van der Waals surface area contributed by atoms with Crippen molar-refractivity contribution in [2.75, 3.05) is 25.5 Å². The Morgan fingerprint density at radius 2 is 1.92 bits per heavy atom. The molecule has 0 unspecified atom stereocenters. The van der Waals surface area contributed by atoms with Crippen LogP contribution >= 0.6 is 50.8 Å². The number of nitrogens with one attached hydrogen (secondary N) is 1. The zero-order chi connectivity index (χ0) is 18.4. The van der Waals surface area contributed by atoms with Crippen LogP contribution in [0.25, 0.3) is 0 Å². The molecule has 0 saturated heterocycles. The Balaban J connectivity index is 1.53. The van der Waals surface area contributed by atoms with Gasteiger partial charge in [-0.1, -0.05) is 57.7 Å². The predicted octanol–water partition coefficient (Wildman–Crippen LogP) is 3.98. The second kappa shape index (κ2) is 9.82. The first-order valence-corrected chi connectivity index (χ1v) is 11.7. The van der Waals surface area contributed by atoms with E-state index in [1.807, 2.05) is 19.1 Å². The van der Waals surface area contributed by atoms with Crippen molar-refractivity contribution in [3.63, 3.8) is 0 Å². The third-order valence-electron chi connectivity index (χ3n) is 3.35. The Labute approximate surface area is 173 Å². The first-order valence-electron chi connectivity index (χ1n) is 8.09. The summed E-state index contributed by atoms with van der Waals surface area (Å²) in [7, 11) is 0. The molecule has 0 bridgehead atoms. The van der Waals surface area contributed by atoms with Crippen LogP contribution in [0.5, 0.6) is 11.5 Å². The minimum atomic E-state index is 0.0291. The molecule has 10 heteroatoms. The molecule has 1 amide bonds. The van der Waals surface area contributed by atoms with E-state index in [1.165, 1.54) is 23.1 Å². The Morgan fingerprint density at radius 1 is 1.23 bits per heavy atom. The summed E-state index contributed by atoms with van der Waals surface area (Å²) in [6.45, 7) is 3.89. The topological polar surface area (TPSA) is 73.3 Å². The number of nitrogens with zero attached hydrogens (tertiary/aromatic N) is 2. The molecule has 0 saturated carbocycles. The van der Waals surface area contributed by atoms with Crippen molar-refractivity contribution in [2.45, 2.75) is 27.8 Å². The lowest BCUT2D eigenvalue weighted by atomic mass is 10.2. The number of aromatic nitrogens is 2. The molecule has 1 aliphatic heterocycles. The lowest BCUT2D eigenvalue weighted by molar-refractivity contribution is -0.118. The first-order chi connectivity index (χ1) is 12.7. The zero-order valence-electron chi connectivity index (χ0n) is 14.1. The lowest BCUT2D eigenvalue weighted by Crippen LogP contribution is -2.25. The van der Waals surface area contributed by atoms with Gasteiger partial charge in [0.25, 0.3) is 0 Å². The monoisotopic (exact) mass is 475 g/mol. The fraction of sp³-hybridized carbons (Fsp3) is 0.438. The second-order valence-corrected chi connectivity index (χ2v) is 9.63. The Bertz CT molecular complexity index is 772. The fourth-order valence-electron chi connectivity index (χ4n) is 2.11. The van der Waals surface area contributed by atoms with Crippen LogP contribution < -0.4 is 14.8 Å². The maximum atomic E-state index is 11.6. The number of carbonyl (C=O) groups is 1. The summed E-state index contributed by atoms with van der Waals surface area (Å²) in [5.74, 6) is 2.69. The molecule has 1 aromatic heterocycles. The van der Waals surface area contributed by atoms with Crippen molar-refractivity contribution in [3.05, 3.63) is 22.2 Å². The summed E-state index contributed by atoms with van der Waals surface area (Å²) in [6.07, 6.45) is 0.936. The van der Waals surface area contributed by atoms with Crippen molar-refractivity contribution >= 4 is 56.7 Å². The zero-order valence-corrected chi connectivity index (χ0v) is 18.2. The van der Waals surface area contributed by atoms with Crippen molar-refractivity contribution < 1.29 is 14.3 Å². The third-order valence-corrected chi connectivity index (χ3v) is 7.33. The van der Waals surface area contributed by atoms with Gasteiger partial charge in [-0.3, -0.25) is 4.79 Å². The number of ether oxygens (including phenoxy) is 2. The molecule has 2 aromatic rings. The molecule has 0 fully saturated rings. The highest BCUT2D eigenvalue weighted by molar-refractivity contribution is 9.10. The number of carbonyl (C=O) groups excluding carboxylic acids is 1. The minimum Gasteiger partial charge on any atom is -0.486 e. The number of hydrogen-bond donors (Lipinski definition) is 1. The smallest absolute Gasteiger partial charge is 0.230 e. The Hall–Kier alpha value is -0.970. The van der Waals surface area contributed by atoms with E-state index in [4.69, 9.17) is 9.47 Å². The van der Waals surface area contributed by atoms with Gasteiger partial charge in [0, 0.05) is 16.8 Å². The molecule has 6 nitrogen and oxygen atoms in total. The van der Waals surface area contributed by atoms with Crippen LogP contribution in [-0.4, -0.2) is 41.6 Å². The molecule has 3 rings (SSSR count). The molecule has 0 spiro atoms. The summed E-state index contributed by atoms with van der Waals surface area (Å²) in [5.41, 5.74) is 1.11. The number of thioether (sulfide) groups is 2. The summed E-state index contributed by atoms with van der Waals surface area (Å²) in [5, 5.41) is 11.2. The Kier molecular flexibility index (Phi) is 7.47. The maximum Gasteiger partial charge on any atom is 0.230 e. The standard InChI is InChI=1S/C16H18BrN3O3S3/c1-2-3-18-14(21)9-25-16-20-19-15(26-16)24-8-10-6-12-13(7-11(10)17)23-5-4-22-12/h6-7H,2-5,8-9H2,1H3,(H,18,21). The van der Waals surface area contributed by atoms with Crippen molar-refractivity contribution in [2.24, 2.45) is 0 Å². The lowest BCUT2D eigenvalue weighted by Gasteiger charge is -2.19. The normalized spacial score (nSPS) is 12.8. The van der Waals surface area contributed by atoms with Crippen LogP contribution in [0.3, 0.4) is 0 Å².